The zero-order valence-corrected chi connectivity index (χ0v) is 12.0. The Morgan fingerprint density at radius 2 is 2.06 bits per heavy atom. The molecule has 2 fully saturated rings. The number of likely N-dealkylation sites (tertiary alicyclic amines) is 1. The Kier molecular flexibility index (Phi) is 4.48. The minimum atomic E-state index is 0.502. The van der Waals surface area contributed by atoms with Crippen LogP contribution in [0.1, 0.15) is 52.9 Å². The second-order valence-corrected chi connectivity index (χ2v) is 7.09. The SMILES string of the molecule is CC(C)(C)C1CCN(CCCC2CCCN2)C1. The lowest BCUT2D eigenvalue weighted by molar-refractivity contribution is 0.227. The van der Waals surface area contributed by atoms with Crippen LogP contribution in [0.15, 0.2) is 0 Å². The third-order valence-corrected chi connectivity index (χ3v) is 4.69. The van der Waals surface area contributed by atoms with Gasteiger partial charge in [-0.15, -0.1) is 0 Å². The molecule has 0 aromatic heterocycles. The van der Waals surface area contributed by atoms with E-state index < -0.39 is 0 Å². The molecule has 0 bridgehead atoms. The van der Waals surface area contributed by atoms with E-state index in [2.05, 4.69) is 31.0 Å². The average Bonchev–Trinajstić information content (AvgIpc) is 2.86. The Hall–Kier alpha value is -0.0800. The summed E-state index contributed by atoms with van der Waals surface area (Å²) < 4.78 is 0. The summed E-state index contributed by atoms with van der Waals surface area (Å²) >= 11 is 0. The fourth-order valence-electron chi connectivity index (χ4n) is 3.31. The molecule has 0 saturated carbocycles. The lowest BCUT2D eigenvalue weighted by Gasteiger charge is -2.27. The minimum Gasteiger partial charge on any atom is -0.314 e. The molecule has 0 spiro atoms. The van der Waals surface area contributed by atoms with Gasteiger partial charge in [0, 0.05) is 12.6 Å². The molecular weight excluding hydrogens is 208 g/mol. The van der Waals surface area contributed by atoms with Gasteiger partial charge in [0.1, 0.15) is 0 Å². The van der Waals surface area contributed by atoms with Crippen molar-refractivity contribution in [1.82, 2.24) is 10.2 Å². The van der Waals surface area contributed by atoms with E-state index in [0.29, 0.717) is 5.41 Å². The van der Waals surface area contributed by atoms with E-state index in [1.165, 1.54) is 58.3 Å². The topological polar surface area (TPSA) is 15.3 Å². The lowest BCUT2D eigenvalue weighted by Crippen LogP contribution is -2.28. The molecule has 1 N–H and O–H groups in total. The smallest absolute Gasteiger partial charge is 0.00680 e. The van der Waals surface area contributed by atoms with Crippen molar-refractivity contribution in [2.75, 3.05) is 26.2 Å². The van der Waals surface area contributed by atoms with Crippen molar-refractivity contribution in [3.8, 4) is 0 Å². The quantitative estimate of drug-likeness (QED) is 0.810. The van der Waals surface area contributed by atoms with Crippen LogP contribution < -0.4 is 5.32 Å². The van der Waals surface area contributed by atoms with Crippen molar-refractivity contribution in [1.29, 1.82) is 0 Å². The molecule has 2 atom stereocenters. The van der Waals surface area contributed by atoms with Crippen LogP contribution >= 0.6 is 0 Å². The molecule has 0 amide bonds. The lowest BCUT2D eigenvalue weighted by atomic mass is 9.80. The van der Waals surface area contributed by atoms with Gasteiger partial charge in [0.15, 0.2) is 0 Å². The van der Waals surface area contributed by atoms with Gasteiger partial charge in [0.2, 0.25) is 0 Å². The summed E-state index contributed by atoms with van der Waals surface area (Å²) in [6, 6.07) is 0.830. The summed E-state index contributed by atoms with van der Waals surface area (Å²) in [6.45, 7) is 12.4. The maximum Gasteiger partial charge on any atom is 0.00680 e. The number of hydrogen-bond acceptors (Lipinski definition) is 2. The third-order valence-electron chi connectivity index (χ3n) is 4.69. The normalized spacial score (nSPS) is 31.2. The van der Waals surface area contributed by atoms with E-state index in [1.807, 2.05) is 0 Å². The van der Waals surface area contributed by atoms with Crippen molar-refractivity contribution >= 4 is 0 Å². The van der Waals surface area contributed by atoms with Gasteiger partial charge in [-0.25, -0.2) is 0 Å². The Morgan fingerprint density at radius 3 is 2.65 bits per heavy atom. The molecule has 100 valence electrons. The highest BCUT2D eigenvalue weighted by Gasteiger charge is 2.31. The number of hydrogen-bond donors (Lipinski definition) is 1. The average molecular weight is 238 g/mol. The van der Waals surface area contributed by atoms with Gasteiger partial charge in [-0.2, -0.15) is 0 Å². The molecule has 2 saturated heterocycles. The fourth-order valence-corrected chi connectivity index (χ4v) is 3.31. The number of rotatable bonds is 4. The Labute approximate surface area is 107 Å². The summed E-state index contributed by atoms with van der Waals surface area (Å²) in [5, 5.41) is 3.60. The summed E-state index contributed by atoms with van der Waals surface area (Å²) in [6.07, 6.45) is 6.97. The first kappa shape index (κ1) is 13.4. The maximum absolute atomic E-state index is 3.60. The first-order valence-corrected chi connectivity index (χ1v) is 7.51. The molecule has 2 heteroatoms. The van der Waals surface area contributed by atoms with Crippen molar-refractivity contribution in [3.63, 3.8) is 0 Å². The van der Waals surface area contributed by atoms with Crippen LogP contribution in [-0.2, 0) is 0 Å². The van der Waals surface area contributed by atoms with Gasteiger partial charge in [-0.3, -0.25) is 0 Å². The first-order valence-electron chi connectivity index (χ1n) is 7.51. The van der Waals surface area contributed by atoms with Crippen LogP contribution in [0.3, 0.4) is 0 Å². The highest BCUT2D eigenvalue weighted by Crippen LogP contribution is 2.33. The molecule has 0 aromatic carbocycles. The first-order chi connectivity index (χ1) is 8.05. The summed E-state index contributed by atoms with van der Waals surface area (Å²) in [5.74, 6) is 0.909. The van der Waals surface area contributed by atoms with Crippen LogP contribution in [0, 0.1) is 11.3 Å². The third kappa shape index (κ3) is 3.96. The van der Waals surface area contributed by atoms with Gasteiger partial charge in [0.05, 0.1) is 0 Å². The van der Waals surface area contributed by atoms with Crippen molar-refractivity contribution < 1.29 is 0 Å². The Balaban J connectivity index is 1.61. The van der Waals surface area contributed by atoms with E-state index >= 15 is 0 Å². The minimum absolute atomic E-state index is 0.502. The van der Waals surface area contributed by atoms with Crippen molar-refractivity contribution in [2.45, 2.75) is 58.9 Å². The van der Waals surface area contributed by atoms with Crippen molar-refractivity contribution in [3.05, 3.63) is 0 Å². The van der Waals surface area contributed by atoms with Crippen LogP contribution in [-0.4, -0.2) is 37.1 Å². The molecule has 2 rings (SSSR count). The Bertz CT molecular complexity index is 226. The van der Waals surface area contributed by atoms with E-state index in [1.54, 1.807) is 0 Å². The predicted molar refractivity (Wildman–Crippen MR) is 74.3 cm³/mol. The zero-order chi connectivity index (χ0) is 12.3. The largest absolute Gasteiger partial charge is 0.314 e. The van der Waals surface area contributed by atoms with Crippen LogP contribution in [0.4, 0.5) is 0 Å². The van der Waals surface area contributed by atoms with Crippen LogP contribution in [0.5, 0.6) is 0 Å². The summed E-state index contributed by atoms with van der Waals surface area (Å²) in [4.78, 5) is 2.69. The molecule has 2 heterocycles. The van der Waals surface area contributed by atoms with Gasteiger partial charge in [-0.05, 0) is 63.1 Å². The maximum atomic E-state index is 3.60. The highest BCUT2D eigenvalue weighted by atomic mass is 15.1. The molecule has 0 radical (unpaired) electrons. The molecule has 2 aliphatic heterocycles. The zero-order valence-electron chi connectivity index (χ0n) is 12.0. The summed E-state index contributed by atoms with van der Waals surface area (Å²) in [7, 11) is 0. The molecule has 2 unspecified atom stereocenters. The van der Waals surface area contributed by atoms with Crippen molar-refractivity contribution in [2.24, 2.45) is 11.3 Å². The number of nitrogens with zero attached hydrogens (tertiary/aromatic N) is 1. The van der Waals surface area contributed by atoms with E-state index in [4.69, 9.17) is 0 Å². The van der Waals surface area contributed by atoms with Gasteiger partial charge >= 0.3 is 0 Å². The predicted octanol–water partition coefficient (Wildman–Crippen LogP) is 2.89. The molecule has 2 nitrogen and oxygen atoms in total. The fraction of sp³-hybridized carbons (Fsp3) is 1.00. The molecular formula is C15H30N2. The standard InChI is InChI=1S/C15H30N2/c1-15(2,3)13-8-11-17(12-13)10-5-7-14-6-4-9-16-14/h13-14,16H,4-12H2,1-3H3. The van der Waals surface area contributed by atoms with Crippen LogP contribution in [0.25, 0.3) is 0 Å². The second-order valence-electron chi connectivity index (χ2n) is 7.09. The molecule has 0 aliphatic carbocycles. The van der Waals surface area contributed by atoms with E-state index in [9.17, 15) is 0 Å². The molecule has 0 aromatic rings. The van der Waals surface area contributed by atoms with Gasteiger partial charge in [0.25, 0.3) is 0 Å². The van der Waals surface area contributed by atoms with E-state index in [0.717, 1.165) is 12.0 Å². The van der Waals surface area contributed by atoms with E-state index in [-0.39, 0.29) is 0 Å². The molecule has 17 heavy (non-hydrogen) atoms. The Morgan fingerprint density at radius 1 is 1.24 bits per heavy atom. The van der Waals surface area contributed by atoms with Gasteiger partial charge < -0.3 is 10.2 Å². The summed E-state index contributed by atoms with van der Waals surface area (Å²) in [5.41, 5.74) is 0.502. The number of nitrogens with one attached hydrogen (secondary N) is 1. The monoisotopic (exact) mass is 238 g/mol. The van der Waals surface area contributed by atoms with Crippen LogP contribution in [0.2, 0.25) is 0 Å². The molecule has 2 aliphatic rings. The van der Waals surface area contributed by atoms with Gasteiger partial charge in [-0.1, -0.05) is 20.8 Å². The second kappa shape index (κ2) is 5.71. The highest BCUT2D eigenvalue weighted by molar-refractivity contribution is 4.84.